The van der Waals surface area contributed by atoms with Gasteiger partial charge in [-0.1, -0.05) is 48.2 Å². The Balaban J connectivity index is 1.43. The number of ether oxygens (including phenoxy) is 2. The monoisotopic (exact) mass is 353 g/mol. The van der Waals surface area contributed by atoms with E-state index < -0.39 is 0 Å². The minimum atomic E-state index is 0.584. The molecule has 0 aliphatic heterocycles. The number of thioether (sulfide) groups is 1. The zero-order valence-corrected chi connectivity index (χ0v) is 14.7. The lowest BCUT2D eigenvalue weighted by atomic mass is 10.2. The van der Waals surface area contributed by atoms with Crippen LogP contribution in [0.4, 0.5) is 0 Å². The third-order valence-electron chi connectivity index (χ3n) is 3.36. The molecule has 0 saturated heterocycles. The van der Waals surface area contributed by atoms with Crippen LogP contribution in [0.15, 0.2) is 59.8 Å². The van der Waals surface area contributed by atoms with E-state index in [-0.39, 0.29) is 0 Å². The van der Waals surface area contributed by atoms with Crippen molar-refractivity contribution in [3.05, 3.63) is 66.0 Å². The van der Waals surface area contributed by atoms with Crippen molar-refractivity contribution < 1.29 is 9.47 Å². The largest absolute Gasteiger partial charge is 0.497 e. The van der Waals surface area contributed by atoms with E-state index in [1.807, 2.05) is 66.7 Å². The van der Waals surface area contributed by atoms with Gasteiger partial charge in [-0.25, -0.2) is 4.98 Å². The van der Waals surface area contributed by atoms with Gasteiger partial charge in [0.1, 0.15) is 17.3 Å². The summed E-state index contributed by atoms with van der Waals surface area (Å²) < 4.78 is 10.8. The maximum atomic E-state index is 5.68. The molecule has 0 aliphatic carbocycles. The van der Waals surface area contributed by atoms with Crippen LogP contribution in [0.3, 0.4) is 0 Å². The Morgan fingerprint density at radius 2 is 1.76 bits per heavy atom. The average Bonchev–Trinajstić information content (AvgIpc) is 3.13. The fraction of sp³-hybridized carbons (Fsp3) is 0.158. The molecule has 2 aromatic carbocycles. The van der Waals surface area contributed by atoms with Crippen LogP contribution in [0, 0.1) is 0 Å². The SMILES string of the molecule is COc1ccc(OCCSc2n[nH]c(/C=C/c3ccccc3)n2)cc1. The smallest absolute Gasteiger partial charge is 0.208 e. The van der Waals surface area contributed by atoms with Gasteiger partial charge in [-0.15, -0.1) is 5.10 Å². The molecule has 0 fully saturated rings. The highest BCUT2D eigenvalue weighted by Crippen LogP contribution is 2.18. The Kier molecular flexibility index (Phi) is 6.11. The third-order valence-corrected chi connectivity index (χ3v) is 4.17. The predicted octanol–water partition coefficient (Wildman–Crippen LogP) is 4.15. The van der Waals surface area contributed by atoms with E-state index in [1.54, 1.807) is 18.9 Å². The fourth-order valence-corrected chi connectivity index (χ4v) is 2.72. The van der Waals surface area contributed by atoms with Gasteiger partial charge in [-0.2, -0.15) is 0 Å². The third kappa shape index (κ3) is 5.39. The van der Waals surface area contributed by atoms with Gasteiger partial charge in [0.15, 0.2) is 0 Å². The first-order valence-electron chi connectivity index (χ1n) is 7.89. The summed E-state index contributed by atoms with van der Waals surface area (Å²) in [5.41, 5.74) is 1.13. The van der Waals surface area contributed by atoms with Crippen molar-refractivity contribution in [3.63, 3.8) is 0 Å². The molecule has 0 aliphatic rings. The molecule has 6 heteroatoms. The first kappa shape index (κ1) is 17.1. The zero-order chi connectivity index (χ0) is 17.3. The molecular weight excluding hydrogens is 334 g/mol. The van der Waals surface area contributed by atoms with E-state index in [2.05, 4.69) is 15.2 Å². The van der Waals surface area contributed by atoms with E-state index in [9.17, 15) is 0 Å². The van der Waals surface area contributed by atoms with Gasteiger partial charge in [0.25, 0.3) is 0 Å². The van der Waals surface area contributed by atoms with Gasteiger partial charge < -0.3 is 9.47 Å². The number of aromatic nitrogens is 3. The maximum absolute atomic E-state index is 5.68. The van der Waals surface area contributed by atoms with E-state index >= 15 is 0 Å². The van der Waals surface area contributed by atoms with Crippen LogP contribution in [0.5, 0.6) is 11.5 Å². The molecule has 0 bridgehead atoms. The van der Waals surface area contributed by atoms with Crippen molar-refractivity contribution in [2.45, 2.75) is 5.16 Å². The number of H-pyrrole nitrogens is 1. The molecule has 1 N–H and O–H groups in total. The van der Waals surface area contributed by atoms with Gasteiger partial charge in [0.2, 0.25) is 5.16 Å². The topological polar surface area (TPSA) is 60.0 Å². The quantitative estimate of drug-likeness (QED) is 0.487. The number of nitrogens with zero attached hydrogens (tertiary/aromatic N) is 2. The Hall–Kier alpha value is -2.73. The van der Waals surface area contributed by atoms with Crippen molar-refractivity contribution in [1.29, 1.82) is 0 Å². The summed E-state index contributed by atoms with van der Waals surface area (Å²) in [5, 5.41) is 7.84. The van der Waals surface area contributed by atoms with Crippen LogP contribution >= 0.6 is 11.8 Å². The van der Waals surface area contributed by atoms with Crippen LogP contribution in [0.1, 0.15) is 11.4 Å². The zero-order valence-electron chi connectivity index (χ0n) is 13.9. The van der Waals surface area contributed by atoms with Crippen LogP contribution < -0.4 is 9.47 Å². The number of hydrogen-bond acceptors (Lipinski definition) is 5. The summed E-state index contributed by atoms with van der Waals surface area (Å²) in [4.78, 5) is 4.43. The first-order chi connectivity index (χ1) is 12.3. The molecule has 1 heterocycles. The van der Waals surface area contributed by atoms with Crippen LogP contribution in [0.25, 0.3) is 12.2 Å². The molecule has 3 aromatic rings. The maximum Gasteiger partial charge on any atom is 0.208 e. The minimum absolute atomic E-state index is 0.584. The molecule has 0 radical (unpaired) electrons. The molecular formula is C19H19N3O2S. The van der Waals surface area contributed by atoms with Crippen molar-refractivity contribution in [3.8, 4) is 11.5 Å². The highest BCUT2D eigenvalue weighted by atomic mass is 32.2. The van der Waals surface area contributed by atoms with E-state index in [0.717, 1.165) is 28.6 Å². The number of benzene rings is 2. The summed E-state index contributed by atoms with van der Waals surface area (Å²) in [5.74, 6) is 3.15. The lowest BCUT2D eigenvalue weighted by molar-refractivity contribution is 0.342. The Bertz CT molecular complexity index is 801. The van der Waals surface area contributed by atoms with Crippen molar-refractivity contribution in [2.24, 2.45) is 0 Å². The first-order valence-corrected chi connectivity index (χ1v) is 8.87. The molecule has 0 atom stereocenters. The highest BCUT2D eigenvalue weighted by molar-refractivity contribution is 7.99. The van der Waals surface area contributed by atoms with Gasteiger partial charge in [0.05, 0.1) is 13.7 Å². The normalized spacial score (nSPS) is 10.9. The van der Waals surface area contributed by atoms with Gasteiger partial charge in [-0.05, 0) is 35.9 Å². The summed E-state index contributed by atoms with van der Waals surface area (Å²) in [6, 6.07) is 17.6. The van der Waals surface area contributed by atoms with E-state index in [1.165, 1.54) is 0 Å². The molecule has 128 valence electrons. The molecule has 0 spiro atoms. The molecule has 3 rings (SSSR count). The van der Waals surface area contributed by atoms with Crippen molar-refractivity contribution in [1.82, 2.24) is 15.2 Å². The van der Waals surface area contributed by atoms with Crippen molar-refractivity contribution in [2.75, 3.05) is 19.5 Å². The number of rotatable bonds is 8. The van der Waals surface area contributed by atoms with E-state index in [0.29, 0.717) is 11.8 Å². The van der Waals surface area contributed by atoms with Crippen LogP contribution in [-0.2, 0) is 0 Å². The Morgan fingerprint density at radius 1 is 1.00 bits per heavy atom. The lowest BCUT2D eigenvalue weighted by Crippen LogP contribution is -2.00. The lowest BCUT2D eigenvalue weighted by Gasteiger charge is -2.05. The van der Waals surface area contributed by atoms with Crippen LogP contribution in [0.2, 0.25) is 0 Å². The minimum Gasteiger partial charge on any atom is -0.497 e. The molecule has 0 amide bonds. The second-order valence-electron chi connectivity index (χ2n) is 5.12. The number of nitrogens with one attached hydrogen (secondary N) is 1. The number of methoxy groups -OCH3 is 1. The molecule has 1 aromatic heterocycles. The van der Waals surface area contributed by atoms with E-state index in [4.69, 9.17) is 9.47 Å². The fourth-order valence-electron chi connectivity index (χ4n) is 2.10. The second-order valence-corrected chi connectivity index (χ2v) is 6.18. The summed E-state index contributed by atoms with van der Waals surface area (Å²) in [7, 11) is 1.65. The Labute approximate surface area is 151 Å². The van der Waals surface area contributed by atoms with Gasteiger partial charge >= 0.3 is 0 Å². The summed E-state index contributed by atoms with van der Waals surface area (Å²) in [6.07, 6.45) is 3.92. The molecule has 5 nitrogen and oxygen atoms in total. The summed E-state index contributed by atoms with van der Waals surface area (Å²) in [6.45, 7) is 0.584. The van der Waals surface area contributed by atoms with Gasteiger partial charge in [-0.3, -0.25) is 5.10 Å². The van der Waals surface area contributed by atoms with Crippen LogP contribution in [-0.4, -0.2) is 34.7 Å². The van der Waals surface area contributed by atoms with Crippen molar-refractivity contribution >= 4 is 23.9 Å². The number of hydrogen-bond donors (Lipinski definition) is 1. The highest BCUT2D eigenvalue weighted by Gasteiger charge is 2.02. The summed E-state index contributed by atoms with van der Waals surface area (Å²) >= 11 is 1.55. The number of aromatic amines is 1. The standard InChI is InChI=1S/C19H19N3O2S/c1-23-16-8-10-17(11-9-16)24-13-14-25-19-20-18(21-22-19)12-7-15-5-3-2-4-6-15/h2-12H,13-14H2,1H3,(H,20,21,22)/b12-7+. The van der Waals surface area contributed by atoms with Gasteiger partial charge in [0, 0.05) is 5.75 Å². The molecule has 25 heavy (non-hydrogen) atoms. The second kappa shape index (κ2) is 8.94. The Morgan fingerprint density at radius 3 is 2.52 bits per heavy atom. The average molecular weight is 353 g/mol. The molecule has 0 unspecified atom stereocenters. The predicted molar refractivity (Wildman–Crippen MR) is 101 cm³/mol. The molecule has 0 saturated carbocycles.